The van der Waals surface area contributed by atoms with Gasteiger partial charge in [-0.3, -0.25) is 0 Å². The van der Waals surface area contributed by atoms with E-state index in [9.17, 15) is 40.0 Å². The number of alkyl halides is 8. The lowest BCUT2D eigenvalue weighted by Gasteiger charge is -2.19. The maximum Gasteiger partial charge on any atom is 0.459 e. The number of hydrogen-bond donors (Lipinski definition) is 0. The maximum atomic E-state index is 13.8. The summed E-state index contributed by atoms with van der Waals surface area (Å²) in [5, 5.41) is 21.2. The molecule has 0 spiro atoms. The Morgan fingerprint density at radius 2 is 1.75 bits per heavy atom. The van der Waals surface area contributed by atoms with Crippen LogP contribution in [0.25, 0.3) is 17.1 Å². The first-order valence-corrected chi connectivity index (χ1v) is 8.12. The molecule has 0 saturated carbocycles. The third kappa shape index (κ3) is 3.65. The SMILES string of the molecule is Cn1nc(C(F)(F)C(F)(F)F)c(C(F)(F)F)c1-n1cc(-c2ccc(C#N)c(N=O)c2)nn1. The van der Waals surface area contributed by atoms with Crippen LogP contribution in [0.4, 0.5) is 40.8 Å². The number of nitriles is 1. The highest BCUT2D eigenvalue weighted by Gasteiger charge is 2.64. The van der Waals surface area contributed by atoms with Gasteiger partial charge in [-0.15, -0.1) is 10.0 Å². The summed E-state index contributed by atoms with van der Waals surface area (Å²) in [5.41, 5.74) is -5.46. The highest BCUT2D eigenvalue weighted by atomic mass is 19.4. The molecule has 32 heavy (non-hydrogen) atoms. The molecule has 0 atom stereocenters. The molecule has 0 amide bonds. The van der Waals surface area contributed by atoms with E-state index in [4.69, 9.17) is 5.26 Å². The van der Waals surface area contributed by atoms with Gasteiger partial charge in [-0.1, -0.05) is 11.3 Å². The Bertz CT molecular complexity index is 1230. The number of rotatable bonds is 4. The molecule has 3 aromatic rings. The third-order valence-electron chi connectivity index (χ3n) is 4.18. The molecule has 0 fully saturated rings. The van der Waals surface area contributed by atoms with Crippen LogP contribution in [0, 0.1) is 16.2 Å². The van der Waals surface area contributed by atoms with Crippen molar-refractivity contribution >= 4 is 5.69 Å². The second-order valence-electron chi connectivity index (χ2n) is 6.22. The Morgan fingerprint density at radius 3 is 2.28 bits per heavy atom. The van der Waals surface area contributed by atoms with Crippen molar-refractivity contribution in [3.63, 3.8) is 0 Å². The lowest BCUT2D eigenvalue weighted by atomic mass is 10.1. The zero-order valence-corrected chi connectivity index (χ0v) is 15.4. The maximum absolute atomic E-state index is 13.8. The summed E-state index contributed by atoms with van der Waals surface area (Å²) in [4.78, 5) is 10.8. The first-order chi connectivity index (χ1) is 14.7. The van der Waals surface area contributed by atoms with Crippen LogP contribution < -0.4 is 0 Å². The van der Waals surface area contributed by atoms with E-state index in [0.29, 0.717) is 4.68 Å². The van der Waals surface area contributed by atoms with E-state index in [0.717, 1.165) is 25.4 Å². The largest absolute Gasteiger partial charge is 0.459 e. The van der Waals surface area contributed by atoms with Crippen LogP contribution in [0.1, 0.15) is 16.8 Å². The van der Waals surface area contributed by atoms with Crippen molar-refractivity contribution in [2.75, 3.05) is 0 Å². The van der Waals surface area contributed by atoms with E-state index in [-0.39, 0.29) is 27.2 Å². The molecular weight excluding hydrogens is 458 g/mol. The number of nitrogens with zero attached hydrogens (tertiary/aromatic N) is 7. The number of halogens is 8. The smallest absolute Gasteiger partial charge is 0.250 e. The molecule has 2 aromatic heterocycles. The van der Waals surface area contributed by atoms with Gasteiger partial charge >= 0.3 is 18.3 Å². The number of aromatic nitrogens is 5. The second kappa shape index (κ2) is 7.35. The van der Waals surface area contributed by atoms with Crippen LogP contribution in [0.2, 0.25) is 0 Å². The average molecular weight is 465 g/mol. The van der Waals surface area contributed by atoms with Gasteiger partial charge in [-0.05, 0) is 17.3 Å². The van der Waals surface area contributed by atoms with Gasteiger partial charge in [0.15, 0.2) is 11.5 Å². The van der Waals surface area contributed by atoms with Crippen LogP contribution in [0.3, 0.4) is 0 Å². The van der Waals surface area contributed by atoms with Crippen molar-refractivity contribution in [3.05, 3.63) is 46.1 Å². The van der Waals surface area contributed by atoms with Gasteiger partial charge in [-0.25, -0.2) is 9.36 Å². The van der Waals surface area contributed by atoms with Crippen molar-refractivity contribution in [2.24, 2.45) is 12.2 Å². The predicted molar refractivity (Wildman–Crippen MR) is 88.7 cm³/mol. The molecule has 0 unspecified atom stereocenters. The van der Waals surface area contributed by atoms with Crippen molar-refractivity contribution in [1.82, 2.24) is 24.8 Å². The fourth-order valence-corrected chi connectivity index (χ4v) is 2.75. The zero-order chi connectivity index (χ0) is 24.1. The predicted octanol–water partition coefficient (Wildman–Crippen LogP) is 4.61. The Hall–Kier alpha value is -3.90. The Labute approximate surface area is 171 Å². The van der Waals surface area contributed by atoms with E-state index < -0.39 is 35.4 Å². The van der Waals surface area contributed by atoms with Crippen LogP contribution in [-0.2, 0) is 19.1 Å². The number of aryl methyl sites for hydroxylation is 1. The third-order valence-corrected chi connectivity index (χ3v) is 4.18. The molecule has 8 nitrogen and oxygen atoms in total. The van der Waals surface area contributed by atoms with Crippen molar-refractivity contribution in [3.8, 4) is 23.1 Å². The molecule has 0 saturated heterocycles. The van der Waals surface area contributed by atoms with Crippen LogP contribution >= 0.6 is 0 Å². The molecule has 0 radical (unpaired) electrons. The van der Waals surface area contributed by atoms with E-state index in [1.807, 2.05) is 0 Å². The Balaban J connectivity index is 2.20. The van der Waals surface area contributed by atoms with Crippen LogP contribution in [0.5, 0.6) is 0 Å². The fourth-order valence-electron chi connectivity index (χ4n) is 2.75. The van der Waals surface area contributed by atoms with Crippen molar-refractivity contribution in [2.45, 2.75) is 18.3 Å². The molecular formula is C16H7F8N7O. The van der Waals surface area contributed by atoms with Gasteiger partial charge in [-0.2, -0.15) is 45.5 Å². The molecule has 1 aromatic carbocycles. The summed E-state index contributed by atoms with van der Waals surface area (Å²) in [6.45, 7) is 0. The first-order valence-electron chi connectivity index (χ1n) is 8.12. The molecule has 0 aliphatic rings. The number of nitroso groups, excluding NO2 is 1. The van der Waals surface area contributed by atoms with E-state index >= 15 is 0 Å². The lowest BCUT2D eigenvalue weighted by molar-refractivity contribution is -0.292. The molecule has 168 valence electrons. The monoisotopic (exact) mass is 465 g/mol. The Morgan fingerprint density at radius 1 is 1.09 bits per heavy atom. The second-order valence-corrected chi connectivity index (χ2v) is 6.22. The van der Waals surface area contributed by atoms with E-state index in [1.165, 1.54) is 6.07 Å². The summed E-state index contributed by atoms with van der Waals surface area (Å²) in [6.07, 6.45) is -11.2. The number of benzene rings is 1. The summed E-state index contributed by atoms with van der Waals surface area (Å²) in [6, 6.07) is 5.16. The quantitative estimate of drug-likeness (QED) is 0.414. The number of hydrogen-bond acceptors (Lipinski definition) is 6. The van der Waals surface area contributed by atoms with Gasteiger partial charge in [0.05, 0.1) is 11.8 Å². The summed E-state index contributed by atoms with van der Waals surface area (Å²) >= 11 is 0. The van der Waals surface area contributed by atoms with Gasteiger partial charge in [0.1, 0.15) is 23.0 Å². The molecule has 0 aliphatic carbocycles. The summed E-state index contributed by atoms with van der Waals surface area (Å²) in [7, 11) is 0.720. The lowest BCUT2D eigenvalue weighted by Crippen LogP contribution is -2.36. The van der Waals surface area contributed by atoms with Crippen molar-refractivity contribution < 1.29 is 35.1 Å². The molecule has 0 aliphatic heterocycles. The topological polar surface area (TPSA) is 102 Å². The van der Waals surface area contributed by atoms with Gasteiger partial charge in [0.25, 0.3) is 0 Å². The Kier molecular flexibility index (Phi) is 5.24. The minimum atomic E-state index is -6.34. The summed E-state index contributed by atoms with van der Waals surface area (Å²) in [5.74, 6) is -7.16. The van der Waals surface area contributed by atoms with Crippen LogP contribution in [0.15, 0.2) is 29.6 Å². The molecule has 0 N–H and O–H groups in total. The van der Waals surface area contributed by atoms with E-state index in [1.54, 1.807) is 6.07 Å². The minimum absolute atomic E-state index is 0.0569. The molecule has 16 heteroatoms. The fraction of sp³-hybridized carbons (Fsp3) is 0.250. The van der Waals surface area contributed by atoms with Crippen LogP contribution in [-0.4, -0.2) is 31.0 Å². The van der Waals surface area contributed by atoms with Gasteiger partial charge < -0.3 is 0 Å². The van der Waals surface area contributed by atoms with Gasteiger partial charge in [0.2, 0.25) is 0 Å². The average Bonchev–Trinajstić information content (AvgIpc) is 3.30. The molecule has 0 bridgehead atoms. The summed E-state index contributed by atoms with van der Waals surface area (Å²) < 4.78 is 107. The zero-order valence-electron chi connectivity index (χ0n) is 15.4. The van der Waals surface area contributed by atoms with Crippen molar-refractivity contribution in [1.29, 1.82) is 5.26 Å². The molecule has 3 rings (SSSR count). The molecule has 2 heterocycles. The van der Waals surface area contributed by atoms with E-state index in [2.05, 4.69) is 20.6 Å². The highest BCUT2D eigenvalue weighted by Crippen LogP contribution is 2.49. The first kappa shape index (κ1) is 22.8. The standard InChI is InChI=1S/C16H7F8N7O/c1-30-13(11(15(19,20)21)12(27-30)14(17,18)16(22,23)24)31-6-10(26-29-31)7-2-3-8(5-25)9(4-7)28-32/h2-4,6H,1H3. The minimum Gasteiger partial charge on any atom is -0.250 e. The normalized spacial score (nSPS) is 12.6. The highest BCUT2D eigenvalue weighted by molar-refractivity contribution is 5.67. The van der Waals surface area contributed by atoms with Gasteiger partial charge in [0, 0.05) is 12.6 Å².